The highest BCUT2D eigenvalue weighted by molar-refractivity contribution is 7.89. The Hall–Kier alpha value is -1.73. The smallest absolute Gasteiger partial charge is 0.215 e. The van der Waals surface area contributed by atoms with Crippen molar-refractivity contribution in [3.63, 3.8) is 0 Å². The van der Waals surface area contributed by atoms with Crippen molar-refractivity contribution in [2.75, 3.05) is 31.7 Å². The van der Waals surface area contributed by atoms with Gasteiger partial charge in [0.2, 0.25) is 10.0 Å². The number of aromatic nitrogens is 2. The minimum Gasteiger partial charge on any atom is -0.367 e. The predicted molar refractivity (Wildman–Crippen MR) is 75.5 cm³/mol. The third-order valence-corrected chi connectivity index (χ3v) is 4.61. The van der Waals surface area contributed by atoms with E-state index in [-0.39, 0.29) is 5.75 Å². The number of anilines is 1. The zero-order chi connectivity index (χ0) is 13.9. The van der Waals surface area contributed by atoms with Crippen LogP contribution < -0.4 is 5.32 Å². The molecule has 0 aliphatic heterocycles. The molecule has 0 amide bonds. The van der Waals surface area contributed by atoms with E-state index in [4.69, 9.17) is 0 Å². The zero-order valence-electron chi connectivity index (χ0n) is 10.9. The number of benzene rings is 1. The molecule has 1 heterocycles. The van der Waals surface area contributed by atoms with Gasteiger partial charge in [0, 0.05) is 31.4 Å². The van der Waals surface area contributed by atoms with Crippen LogP contribution in [0.5, 0.6) is 0 Å². The Morgan fingerprint density at radius 2 is 2.00 bits per heavy atom. The van der Waals surface area contributed by atoms with E-state index < -0.39 is 10.0 Å². The Balaban J connectivity index is 2.11. The highest BCUT2D eigenvalue weighted by atomic mass is 32.2. The fourth-order valence-corrected chi connectivity index (χ4v) is 2.36. The van der Waals surface area contributed by atoms with Crippen molar-refractivity contribution in [1.82, 2.24) is 14.5 Å². The molecule has 7 heteroatoms. The average molecular weight is 280 g/mol. The van der Waals surface area contributed by atoms with Gasteiger partial charge < -0.3 is 5.32 Å². The van der Waals surface area contributed by atoms with Crippen molar-refractivity contribution in [3.8, 4) is 0 Å². The van der Waals surface area contributed by atoms with Crippen LogP contribution in [0.2, 0.25) is 0 Å². The molecule has 1 N–H and O–H groups in total. The standard InChI is InChI=1S/C12H16N4O2S/c1-16(2)19(17,18)8-7-13-12-11-6-4-3-5-10(11)9-14-15-12/h3-6,9H,7-8H2,1-2H3,(H,13,15). The van der Waals surface area contributed by atoms with E-state index >= 15 is 0 Å². The number of rotatable bonds is 5. The maximum absolute atomic E-state index is 11.6. The molecule has 0 atom stereocenters. The molecule has 0 unspecified atom stereocenters. The van der Waals surface area contributed by atoms with E-state index in [1.807, 2.05) is 24.3 Å². The van der Waals surface area contributed by atoms with Crippen molar-refractivity contribution in [1.29, 1.82) is 0 Å². The molecule has 0 aliphatic carbocycles. The van der Waals surface area contributed by atoms with Crippen molar-refractivity contribution in [2.24, 2.45) is 0 Å². The molecule has 0 radical (unpaired) electrons. The molecular formula is C12H16N4O2S. The molecule has 0 saturated heterocycles. The summed E-state index contributed by atoms with van der Waals surface area (Å²) in [5.74, 6) is 0.623. The number of hydrogen-bond donors (Lipinski definition) is 1. The van der Waals surface area contributed by atoms with Gasteiger partial charge in [0.25, 0.3) is 0 Å². The molecule has 0 bridgehead atoms. The lowest BCUT2D eigenvalue weighted by Crippen LogP contribution is -2.28. The summed E-state index contributed by atoms with van der Waals surface area (Å²) in [7, 11) is -0.157. The Morgan fingerprint density at radius 3 is 2.74 bits per heavy atom. The maximum atomic E-state index is 11.6. The van der Waals surface area contributed by atoms with Crippen molar-refractivity contribution in [2.45, 2.75) is 0 Å². The second-order valence-electron chi connectivity index (χ2n) is 4.31. The monoisotopic (exact) mass is 280 g/mol. The van der Waals surface area contributed by atoms with Crippen molar-refractivity contribution < 1.29 is 8.42 Å². The van der Waals surface area contributed by atoms with Gasteiger partial charge in [-0.1, -0.05) is 24.3 Å². The molecule has 0 fully saturated rings. The van der Waals surface area contributed by atoms with Crippen LogP contribution in [-0.4, -0.2) is 49.3 Å². The fraction of sp³-hybridized carbons (Fsp3) is 0.333. The summed E-state index contributed by atoms with van der Waals surface area (Å²) in [6.07, 6.45) is 1.68. The molecule has 1 aromatic heterocycles. The summed E-state index contributed by atoms with van der Waals surface area (Å²) < 4.78 is 24.5. The summed E-state index contributed by atoms with van der Waals surface area (Å²) in [5, 5.41) is 12.8. The van der Waals surface area contributed by atoms with Crippen LogP contribution in [0.3, 0.4) is 0 Å². The number of fused-ring (bicyclic) bond motifs is 1. The van der Waals surface area contributed by atoms with E-state index in [0.717, 1.165) is 10.8 Å². The molecule has 6 nitrogen and oxygen atoms in total. The minimum absolute atomic E-state index is 0.0188. The van der Waals surface area contributed by atoms with Crippen molar-refractivity contribution in [3.05, 3.63) is 30.5 Å². The average Bonchev–Trinajstić information content (AvgIpc) is 2.38. The van der Waals surface area contributed by atoms with E-state index in [1.54, 1.807) is 6.20 Å². The molecule has 2 rings (SSSR count). The fourth-order valence-electron chi connectivity index (χ4n) is 1.64. The van der Waals surface area contributed by atoms with Crippen LogP contribution in [-0.2, 0) is 10.0 Å². The first-order valence-corrected chi connectivity index (χ1v) is 7.46. The van der Waals surface area contributed by atoms with Crippen molar-refractivity contribution >= 4 is 26.6 Å². The SMILES string of the molecule is CN(C)S(=O)(=O)CCNc1nncc2ccccc12. The predicted octanol–water partition coefficient (Wildman–Crippen LogP) is 0.933. The van der Waals surface area contributed by atoms with Gasteiger partial charge in [-0.2, -0.15) is 5.10 Å². The van der Waals surface area contributed by atoms with Crippen LogP contribution >= 0.6 is 0 Å². The highest BCUT2D eigenvalue weighted by Gasteiger charge is 2.13. The summed E-state index contributed by atoms with van der Waals surface area (Å²) in [6, 6.07) is 7.69. The highest BCUT2D eigenvalue weighted by Crippen LogP contribution is 2.18. The Bertz CT molecular complexity index is 665. The maximum Gasteiger partial charge on any atom is 0.215 e. The lowest BCUT2D eigenvalue weighted by atomic mass is 10.2. The normalized spacial score (nSPS) is 11.9. The van der Waals surface area contributed by atoms with E-state index in [2.05, 4.69) is 15.5 Å². The number of sulfonamides is 1. The topological polar surface area (TPSA) is 75.2 Å². The van der Waals surface area contributed by atoms with Crippen LogP contribution in [0.15, 0.2) is 30.5 Å². The van der Waals surface area contributed by atoms with E-state index in [1.165, 1.54) is 18.4 Å². The van der Waals surface area contributed by atoms with Gasteiger partial charge in [-0.05, 0) is 0 Å². The van der Waals surface area contributed by atoms with Gasteiger partial charge in [-0.15, -0.1) is 5.10 Å². The summed E-state index contributed by atoms with van der Waals surface area (Å²) >= 11 is 0. The van der Waals surface area contributed by atoms with Gasteiger partial charge in [-0.3, -0.25) is 0 Å². The van der Waals surface area contributed by atoms with Crippen LogP contribution in [0.4, 0.5) is 5.82 Å². The molecule has 1 aromatic carbocycles. The van der Waals surface area contributed by atoms with Gasteiger partial charge in [0.1, 0.15) is 0 Å². The number of hydrogen-bond acceptors (Lipinski definition) is 5. The molecule has 19 heavy (non-hydrogen) atoms. The largest absolute Gasteiger partial charge is 0.367 e. The molecule has 2 aromatic rings. The first kappa shape index (κ1) is 13.7. The molecule has 102 valence electrons. The molecule has 0 saturated carbocycles. The Labute approximate surface area is 112 Å². The third kappa shape index (κ3) is 3.18. The lowest BCUT2D eigenvalue weighted by Gasteiger charge is -2.12. The van der Waals surface area contributed by atoms with E-state index in [9.17, 15) is 8.42 Å². The summed E-state index contributed by atoms with van der Waals surface area (Å²) in [5.41, 5.74) is 0. The van der Waals surface area contributed by atoms with Gasteiger partial charge in [0.15, 0.2) is 5.82 Å². The van der Waals surface area contributed by atoms with Gasteiger partial charge in [-0.25, -0.2) is 12.7 Å². The van der Waals surface area contributed by atoms with Crippen LogP contribution in [0.25, 0.3) is 10.8 Å². The molecule has 0 aliphatic rings. The Morgan fingerprint density at radius 1 is 1.26 bits per heavy atom. The first-order chi connectivity index (χ1) is 9.00. The lowest BCUT2D eigenvalue weighted by molar-refractivity contribution is 0.521. The van der Waals surface area contributed by atoms with Gasteiger partial charge >= 0.3 is 0 Å². The second kappa shape index (κ2) is 5.50. The quantitative estimate of drug-likeness (QED) is 0.882. The zero-order valence-corrected chi connectivity index (χ0v) is 11.7. The van der Waals surface area contributed by atoms with Crippen LogP contribution in [0, 0.1) is 0 Å². The Kier molecular flexibility index (Phi) is 3.96. The molecule has 0 spiro atoms. The number of nitrogens with one attached hydrogen (secondary N) is 1. The van der Waals surface area contributed by atoms with E-state index in [0.29, 0.717) is 12.4 Å². The second-order valence-corrected chi connectivity index (χ2v) is 6.61. The first-order valence-electron chi connectivity index (χ1n) is 5.85. The summed E-state index contributed by atoms with van der Waals surface area (Å²) in [6.45, 7) is 0.295. The number of nitrogens with zero attached hydrogens (tertiary/aromatic N) is 3. The summed E-state index contributed by atoms with van der Waals surface area (Å²) in [4.78, 5) is 0. The third-order valence-electron chi connectivity index (χ3n) is 2.78. The van der Waals surface area contributed by atoms with Crippen LogP contribution in [0.1, 0.15) is 0 Å². The minimum atomic E-state index is -3.20. The molecular weight excluding hydrogens is 264 g/mol. The van der Waals surface area contributed by atoms with Gasteiger partial charge in [0.05, 0.1) is 11.9 Å².